The smallest absolute Gasteiger partial charge is 0.273 e. The zero-order valence-corrected chi connectivity index (χ0v) is 12.6. The van der Waals surface area contributed by atoms with E-state index in [1.54, 1.807) is 24.0 Å². The summed E-state index contributed by atoms with van der Waals surface area (Å²) >= 11 is 1.41. The summed E-state index contributed by atoms with van der Waals surface area (Å²) in [5.74, 6) is 0.367. The maximum atomic E-state index is 12.6. The van der Waals surface area contributed by atoms with Gasteiger partial charge in [0.25, 0.3) is 5.91 Å². The fraction of sp³-hybridized carbons (Fsp3) is 0.429. The van der Waals surface area contributed by atoms with Gasteiger partial charge in [0.15, 0.2) is 0 Å². The molecule has 3 rings (SSSR count). The second kappa shape index (κ2) is 5.87. The summed E-state index contributed by atoms with van der Waals surface area (Å²) in [7, 11) is 0. The Kier molecular flexibility index (Phi) is 3.94. The second-order valence-electron chi connectivity index (χ2n) is 5.27. The highest BCUT2D eigenvalue weighted by Gasteiger charge is 2.33. The summed E-state index contributed by atoms with van der Waals surface area (Å²) in [5, 5.41) is 2.50. The summed E-state index contributed by atoms with van der Waals surface area (Å²) in [4.78, 5) is 27.1. The molecule has 2 N–H and O–H groups in total. The predicted octanol–water partition coefficient (Wildman–Crippen LogP) is 1.41. The van der Waals surface area contributed by atoms with Gasteiger partial charge in [-0.15, -0.1) is 11.3 Å². The van der Waals surface area contributed by atoms with Crippen LogP contribution >= 0.6 is 11.3 Å². The van der Waals surface area contributed by atoms with Crippen LogP contribution in [0.25, 0.3) is 10.7 Å². The molecular formula is C14H17N5OS. The quantitative estimate of drug-likeness (QED) is 0.926. The van der Waals surface area contributed by atoms with Gasteiger partial charge < -0.3 is 10.6 Å². The van der Waals surface area contributed by atoms with Crippen molar-refractivity contribution in [2.45, 2.75) is 19.4 Å². The summed E-state index contributed by atoms with van der Waals surface area (Å²) in [5.41, 5.74) is 6.88. The summed E-state index contributed by atoms with van der Waals surface area (Å²) in [6, 6.07) is 0.215. The van der Waals surface area contributed by atoms with Crippen LogP contribution in [0.3, 0.4) is 0 Å². The Bertz CT molecular complexity index is 629. The lowest BCUT2D eigenvalue weighted by molar-refractivity contribution is 0.0738. The minimum Gasteiger partial charge on any atom is -0.334 e. The van der Waals surface area contributed by atoms with Crippen molar-refractivity contribution in [3.63, 3.8) is 0 Å². The van der Waals surface area contributed by atoms with Gasteiger partial charge in [0.2, 0.25) is 0 Å². The van der Waals surface area contributed by atoms with Crippen molar-refractivity contribution in [1.82, 2.24) is 19.9 Å². The Morgan fingerprint density at radius 3 is 3.05 bits per heavy atom. The van der Waals surface area contributed by atoms with E-state index in [0.29, 0.717) is 35.4 Å². The van der Waals surface area contributed by atoms with Crippen molar-refractivity contribution < 1.29 is 4.79 Å². The topological polar surface area (TPSA) is 85.0 Å². The number of nitrogens with two attached hydrogens (primary N) is 1. The first-order valence-electron chi connectivity index (χ1n) is 6.92. The van der Waals surface area contributed by atoms with E-state index >= 15 is 0 Å². The number of hydrogen-bond donors (Lipinski definition) is 1. The zero-order valence-electron chi connectivity index (χ0n) is 11.8. The van der Waals surface area contributed by atoms with E-state index in [2.05, 4.69) is 21.9 Å². The molecule has 0 aromatic carbocycles. The van der Waals surface area contributed by atoms with E-state index in [1.165, 1.54) is 11.3 Å². The highest BCUT2D eigenvalue weighted by molar-refractivity contribution is 7.13. The molecule has 2 aromatic heterocycles. The number of hydrogen-bond acceptors (Lipinski definition) is 6. The molecule has 2 aromatic rings. The van der Waals surface area contributed by atoms with Crippen LogP contribution in [-0.2, 0) is 0 Å². The van der Waals surface area contributed by atoms with Crippen LogP contribution in [0.2, 0.25) is 0 Å². The van der Waals surface area contributed by atoms with Crippen LogP contribution in [0.15, 0.2) is 24.0 Å². The maximum Gasteiger partial charge on any atom is 0.273 e. The molecule has 110 valence electrons. The van der Waals surface area contributed by atoms with E-state index in [4.69, 9.17) is 5.73 Å². The number of carbonyl (C=O) groups excluding carboxylic acids is 1. The van der Waals surface area contributed by atoms with E-state index in [1.807, 2.05) is 4.90 Å². The lowest BCUT2D eigenvalue weighted by Gasteiger charge is -2.20. The molecule has 1 amide bonds. The molecule has 1 saturated heterocycles. The zero-order chi connectivity index (χ0) is 14.8. The number of likely N-dealkylation sites (tertiary alicyclic amines) is 1. The molecule has 0 saturated carbocycles. The van der Waals surface area contributed by atoms with Gasteiger partial charge in [0.05, 0.1) is 6.20 Å². The summed E-state index contributed by atoms with van der Waals surface area (Å²) < 4.78 is 0. The first-order chi connectivity index (χ1) is 10.2. The molecule has 0 aliphatic carbocycles. The monoisotopic (exact) mass is 303 g/mol. The highest BCUT2D eigenvalue weighted by Crippen LogP contribution is 2.26. The molecule has 2 unspecified atom stereocenters. The second-order valence-corrected chi connectivity index (χ2v) is 6.13. The van der Waals surface area contributed by atoms with Crippen molar-refractivity contribution in [3.8, 4) is 10.7 Å². The standard InChI is InChI=1S/C14H17N5OS/c1-9-4-10(5-15)7-19(9)14(20)12-8-21-13(18-12)11-6-16-2-3-17-11/h2-3,6,8-10H,4-5,7,15H2,1H3. The Hall–Kier alpha value is -1.86. The number of rotatable bonds is 3. The third kappa shape index (κ3) is 2.79. The van der Waals surface area contributed by atoms with Crippen molar-refractivity contribution >= 4 is 17.2 Å². The average molecular weight is 303 g/mol. The van der Waals surface area contributed by atoms with Crippen molar-refractivity contribution in [3.05, 3.63) is 29.7 Å². The Balaban J connectivity index is 1.79. The third-order valence-corrected chi connectivity index (χ3v) is 4.63. The molecule has 0 spiro atoms. The number of carbonyl (C=O) groups is 1. The predicted molar refractivity (Wildman–Crippen MR) is 80.8 cm³/mol. The highest BCUT2D eigenvalue weighted by atomic mass is 32.1. The summed E-state index contributed by atoms with van der Waals surface area (Å²) in [6.45, 7) is 3.40. The molecule has 2 atom stereocenters. The number of thiazole rings is 1. The molecule has 1 fully saturated rings. The minimum absolute atomic E-state index is 0.0233. The van der Waals surface area contributed by atoms with E-state index in [9.17, 15) is 4.79 Å². The van der Waals surface area contributed by atoms with Gasteiger partial charge in [-0.25, -0.2) is 4.98 Å². The van der Waals surface area contributed by atoms with Crippen molar-refractivity contribution in [2.24, 2.45) is 11.7 Å². The number of aromatic nitrogens is 3. The molecule has 1 aliphatic rings. The number of nitrogens with zero attached hydrogens (tertiary/aromatic N) is 4. The maximum absolute atomic E-state index is 12.6. The SMILES string of the molecule is CC1CC(CN)CN1C(=O)c1csc(-c2cnccn2)n1. The molecule has 7 heteroatoms. The van der Waals surface area contributed by atoms with Crippen LogP contribution in [0.1, 0.15) is 23.8 Å². The van der Waals surface area contributed by atoms with E-state index in [0.717, 1.165) is 6.42 Å². The van der Waals surface area contributed by atoms with Crippen LogP contribution in [-0.4, -0.2) is 44.9 Å². The largest absolute Gasteiger partial charge is 0.334 e. The fourth-order valence-electron chi connectivity index (χ4n) is 2.64. The normalized spacial score (nSPS) is 21.7. The Morgan fingerprint density at radius 1 is 1.52 bits per heavy atom. The molecule has 21 heavy (non-hydrogen) atoms. The summed E-state index contributed by atoms with van der Waals surface area (Å²) in [6.07, 6.45) is 5.84. The fourth-order valence-corrected chi connectivity index (χ4v) is 3.40. The van der Waals surface area contributed by atoms with Gasteiger partial charge in [-0.1, -0.05) is 0 Å². The van der Waals surface area contributed by atoms with E-state index in [-0.39, 0.29) is 11.9 Å². The molecular weight excluding hydrogens is 286 g/mol. The van der Waals surface area contributed by atoms with E-state index < -0.39 is 0 Å². The van der Waals surface area contributed by atoms with Crippen LogP contribution in [0.5, 0.6) is 0 Å². The first kappa shape index (κ1) is 14.1. The first-order valence-corrected chi connectivity index (χ1v) is 7.80. The van der Waals surface area contributed by atoms with Crippen LogP contribution in [0, 0.1) is 5.92 Å². The third-order valence-electron chi connectivity index (χ3n) is 3.76. The van der Waals surface area contributed by atoms with Gasteiger partial charge in [-0.3, -0.25) is 14.8 Å². The van der Waals surface area contributed by atoms with Gasteiger partial charge >= 0.3 is 0 Å². The number of amides is 1. The van der Waals surface area contributed by atoms with Crippen molar-refractivity contribution in [2.75, 3.05) is 13.1 Å². The molecule has 1 aliphatic heterocycles. The molecule has 0 radical (unpaired) electrons. The van der Waals surface area contributed by atoms with Crippen molar-refractivity contribution in [1.29, 1.82) is 0 Å². The van der Waals surface area contributed by atoms with Crippen LogP contribution in [0.4, 0.5) is 0 Å². The van der Waals surface area contributed by atoms with Gasteiger partial charge in [-0.2, -0.15) is 0 Å². The lowest BCUT2D eigenvalue weighted by atomic mass is 10.1. The minimum atomic E-state index is -0.0233. The Labute approximate surface area is 127 Å². The van der Waals surface area contributed by atoms with Crippen LogP contribution < -0.4 is 5.73 Å². The average Bonchev–Trinajstić information content (AvgIpc) is 3.14. The Morgan fingerprint density at radius 2 is 2.38 bits per heavy atom. The van der Waals surface area contributed by atoms with Gasteiger partial charge in [0.1, 0.15) is 16.4 Å². The van der Waals surface area contributed by atoms with Gasteiger partial charge in [-0.05, 0) is 25.8 Å². The molecule has 6 nitrogen and oxygen atoms in total. The molecule has 3 heterocycles. The van der Waals surface area contributed by atoms with Gasteiger partial charge in [0, 0.05) is 30.4 Å². The molecule has 0 bridgehead atoms. The lowest BCUT2D eigenvalue weighted by Crippen LogP contribution is -2.34.